The van der Waals surface area contributed by atoms with Crippen LogP contribution in [0.15, 0.2) is 18.2 Å². The van der Waals surface area contributed by atoms with Crippen LogP contribution in [0.1, 0.15) is 0 Å². The van der Waals surface area contributed by atoms with Crippen molar-refractivity contribution in [2.75, 3.05) is 0 Å². The lowest BCUT2D eigenvalue weighted by molar-refractivity contribution is 0.583. The molecule has 0 aliphatic rings. The minimum Gasteiger partial charge on any atom is -0.207 e. The van der Waals surface area contributed by atoms with Crippen LogP contribution in [0.4, 0.5) is 8.78 Å². The Hall–Kier alpha value is -0.280. The van der Waals surface area contributed by atoms with E-state index in [-0.39, 0.29) is 18.5 Å². The molecule has 0 N–H and O–H groups in total. The van der Waals surface area contributed by atoms with E-state index in [4.69, 9.17) is 11.6 Å². The zero-order valence-corrected chi connectivity index (χ0v) is 6.62. The van der Waals surface area contributed by atoms with Crippen molar-refractivity contribution in [2.24, 2.45) is 0 Å². The van der Waals surface area contributed by atoms with Crippen LogP contribution in [-0.2, 0) is 0 Å². The molecule has 4 heteroatoms. The SMILES string of the molecule is Fc1ccc(Cl)c(F)c1.S. The summed E-state index contributed by atoms with van der Waals surface area (Å²) < 4.78 is 24.3. The molecule has 0 amide bonds. The van der Waals surface area contributed by atoms with E-state index < -0.39 is 11.6 Å². The molecule has 0 aromatic heterocycles. The quantitative estimate of drug-likeness (QED) is 0.542. The average Bonchev–Trinajstić information content (AvgIpc) is 1.80. The zero-order chi connectivity index (χ0) is 6.85. The molecular formula is C6H5ClF2S. The highest BCUT2D eigenvalue weighted by Gasteiger charge is 1.97. The molecule has 0 nitrogen and oxygen atoms in total. The largest absolute Gasteiger partial charge is 0.207 e. The number of rotatable bonds is 0. The van der Waals surface area contributed by atoms with Crippen LogP contribution in [0.2, 0.25) is 5.02 Å². The van der Waals surface area contributed by atoms with Gasteiger partial charge in [0, 0.05) is 6.07 Å². The van der Waals surface area contributed by atoms with E-state index in [1.807, 2.05) is 0 Å². The second kappa shape index (κ2) is 3.78. The van der Waals surface area contributed by atoms with Crippen molar-refractivity contribution in [3.05, 3.63) is 34.9 Å². The fourth-order valence-corrected chi connectivity index (χ4v) is 0.588. The normalized spacial score (nSPS) is 8.70. The van der Waals surface area contributed by atoms with Crippen LogP contribution in [0.5, 0.6) is 0 Å². The van der Waals surface area contributed by atoms with Gasteiger partial charge in [0.1, 0.15) is 11.6 Å². The van der Waals surface area contributed by atoms with Crippen molar-refractivity contribution in [3.63, 3.8) is 0 Å². The summed E-state index contributed by atoms with van der Waals surface area (Å²) in [6, 6.07) is 3.01. The van der Waals surface area contributed by atoms with Gasteiger partial charge in [-0.3, -0.25) is 0 Å². The van der Waals surface area contributed by atoms with Gasteiger partial charge < -0.3 is 0 Å². The van der Waals surface area contributed by atoms with Crippen molar-refractivity contribution in [1.82, 2.24) is 0 Å². The summed E-state index contributed by atoms with van der Waals surface area (Å²) >= 11 is 5.24. The van der Waals surface area contributed by atoms with Gasteiger partial charge in [-0.25, -0.2) is 8.78 Å². The number of benzene rings is 1. The van der Waals surface area contributed by atoms with E-state index in [0.717, 1.165) is 12.1 Å². The van der Waals surface area contributed by atoms with Crippen LogP contribution in [0.25, 0.3) is 0 Å². The third kappa shape index (κ3) is 2.15. The molecule has 0 bridgehead atoms. The maximum Gasteiger partial charge on any atom is 0.144 e. The van der Waals surface area contributed by atoms with Gasteiger partial charge in [0.2, 0.25) is 0 Å². The second-order valence-corrected chi connectivity index (χ2v) is 1.97. The van der Waals surface area contributed by atoms with Crippen LogP contribution in [-0.4, -0.2) is 0 Å². The minimum absolute atomic E-state index is 0. The first-order chi connectivity index (χ1) is 4.20. The Labute approximate surface area is 69.3 Å². The highest BCUT2D eigenvalue weighted by Crippen LogP contribution is 2.13. The van der Waals surface area contributed by atoms with Gasteiger partial charge in [-0.15, -0.1) is 0 Å². The lowest BCUT2D eigenvalue weighted by Gasteiger charge is -1.90. The summed E-state index contributed by atoms with van der Waals surface area (Å²) in [5.74, 6) is -1.34. The molecule has 0 saturated heterocycles. The minimum atomic E-state index is -0.725. The lowest BCUT2D eigenvalue weighted by Crippen LogP contribution is -1.77. The topological polar surface area (TPSA) is 0 Å². The van der Waals surface area contributed by atoms with E-state index >= 15 is 0 Å². The average molecular weight is 183 g/mol. The number of halogens is 3. The van der Waals surface area contributed by atoms with Gasteiger partial charge in [-0.2, -0.15) is 13.5 Å². The molecule has 1 rings (SSSR count). The smallest absolute Gasteiger partial charge is 0.144 e. The van der Waals surface area contributed by atoms with Crippen molar-refractivity contribution in [1.29, 1.82) is 0 Å². The predicted octanol–water partition coefficient (Wildman–Crippen LogP) is 2.73. The van der Waals surface area contributed by atoms with Crippen molar-refractivity contribution < 1.29 is 8.78 Å². The number of hydrogen-bond donors (Lipinski definition) is 0. The molecule has 0 radical (unpaired) electrons. The van der Waals surface area contributed by atoms with Gasteiger partial charge in [-0.1, -0.05) is 11.6 Å². The Balaban J connectivity index is 0.000000810. The fraction of sp³-hybridized carbons (Fsp3) is 0. The molecule has 1 aromatic rings. The maximum atomic E-state index is 12.2. The Morgan fingerprint density at radius 2 is 1.80 bits per heavy atom. The lowest BCUT2D eigenvalue weighted by atomic mass is 10.3. The van der Waals surface area contributed by atoms with E-state index in [9.17, 15) is 8.78 Å². The zero-order valence-electron chi connectivity index (χ0n) is 4.87. The van der Waals surface area contributed by atoms with E-state index in [0.29, 0.717) is 0 Å². The molecule has 0 spiro atoms. The third-order valence-corrected chi connectivity index (χ3v) is 1.19. The first-order valence-corrected chi connectivity index (χ1v) is 2.68. The van der Waals surface area contributed by atoms with Crippen molar-refractivity contribution in [3.8, 4) is 0 Å². The van der Waals surface area contributed by atoms with Crippen LogP contribution in [0, 0.1) is 11.6 Å². The fourth-order valence-electron chi connectivity index (χ4n) is 0.470. The highest BCUT2D eigenvalue weighted by atomic mass is 35.5. The van der Waals surface area contributed by atoms with Gasteiger partial charge >= 0.3 is 0 Å². The van der Waals surface area contributed by atoms with Crippen molar-refractivity contribution >= 4 is 25.1 Å². The second-order valence-electron chi connectivity index (χ2n) is 1.56. The first-order valence-electron chi connectivity index (χ1n) is 2.30. The Morgan fingerprint density at radius 1 is 1.20 bits per heavy atom. The molecular weight excluding hydrogens is 178 g/mol. The van der Waals surface area contributed by atoms with E-state index in [1.165, 1.54) is 6.07 Å². The van der Waals surface area contributed by atoms with Crippen LogP contribution in [0.3, 0.4) is 0 Å². The number of hydrogen-bond acceptors (Lipinski definition) is 0. The maximum absolute atomic E-state index is 12.2. The molecule has 0 fully saturated rings. The predicted molar refractivity (Wildman–Crippen MR) is 41.7 cm³/mol. The summed E-state index contributed by atoms with van der Waals surface area (Å²) in [5, 5.41) is -0.0589. The summed E-state index contributed by atoms with van der Waals surface area (Å²) in [5.41, 5.74) is 0. The van der Waals surface area contributed by atoms with Gasteiger partial charge in [0.15, 0.2) is 0 Å². The molecule has 10 heavy (non-hydrogen) atoms. The van der Waals surface area contributed by atoms with Gasteiger partial charge in [0.05, 0.1) is 5.02 Å². The van der Waals surface area contributed by atoms with Crippen molar-refractivity contribution in [2.45, 2.75) is 0 Å². The molecule has 0 unspecified atom stereocenters. The molecule has 0 aliphatic heterocycles. The molecule has 0 saturated carbocycles. The first kappa shape index (κ1) is 9.72. The molecule has 0 aliphatic carbocycles. The van der Waals surface area contributed by atoms with Crippen LogP contribution >= 0.6 is 25.1 Å². The van der Waals surface area contributed by atoms with E-state index in [2.05, 4.69) is 0 Å². The highest BCUT2D eigenvalue weighted by molar-refractivity contribution is 7.59. The Morgan fingerprint density at radius 3 is 2.20 bits per heavy atom. The summed E-state index contributed by atoms with van der Waals surface area (Å²) in [6.45, 7) is 0. The van der Waals surface area contributed by atoms with Crippen LogP contribution < -0.4 is 0 Å². The Bertz CT molecular complexity index is 227. The third-order valence-electron chi connectivity index (χ3n) is 0.882. The molecule has 0 heterocycles. The van der Waals surface area contributed by atoms with Gasteiger partial charge in [0.25, 0.3) is 0 Å². The van der Waals surface area contributed by atoms with E-state index in [1.54, 1.807) is 0 Å². The molecule has 56 valence electrons. The summed E-state index contributed by atoms with van der Waals surface area (Å²) in [7, 11) is 0. The summed E-state index contributed by atoms with van der Waals surface area (Å²) in [4.78, 5) is 0. The molecule has 0 atom stereocenters. The standard InChI is InChI=1S/C6H3ClF2.H2S/c7-5-2-1-4(8)3-6(5)9;/h1-3H;1H2. The monoisotopic (exact) mass is 182 g/mol. The molecule has 1 aromatic carbocycles. The summed E-state index contributed by atoms with van der Waals surface area (Å²) in [6.07, 6.45) is 0. The Kier molecular flexibility index (Phi) is 3.68. The van der Waals surface area contributed by atoms with Gasteiger partial charge in [-0.05, 0) is 12.1 Å².